The third-order valence-corrected chi connectivity index (χ3v) is 4.67. The number of carbonyl (C=O) groups excluding carboxylic acids is 1. The van der Waals surface area contributed by atoms with Gasteiger partial charge < -0.3 is 10.4 Å². The van der Waals surface area contributed by atoms with Crippen LogP contribution in [-0.4, -0.2) is 23.7 Å². The molecule has 19 heavy (non-hydrogen) atoms. The summed E-state index contributed by atoms with van der Waals surface area (Å²) in [6, 6.07) is 4.12. The summed E-state index contributed by atoms with van der Waals surface area (Å²) in [5, 5.41) is 12.5. The van der Waals surface area contributed by atoms with E-state index in [1.165, 1.54) is 4.88 Å². The fraction of sp³-hybridized carbons (Fsp3) is 0.643. The Labute approximate surface area is 127 Å². The highest BCUT2D eigenvalue weighted by molar-refractivity contribution is 9.11. The quantitative estimate of drug-likeness (QED) is 0.757. The molecule has 0 aliphatic rings. The van der Waals surface area contributed by atoms with Crippen LogP contribution in [0.3, 0.4) is 0 Å². The Hall–Kier alpha value is -0.390. The Kier molecular flexibility index (Phi) is 7.64. The molecule has 0 aromatic carbocycles. The molecule has 1 heterocycles. The van der Waals surface area contributed by atoms with E-state index in [0.717, 1.165) is 16.6 Å². The van der Waals surface area contributed by atoms with E-state index in [9.17, 15) is 9.90 Å². The fourth-order valence-corrected chi connectivity index (χ4v) is 3.22. The molecule has 1 unspecified atom stereocenters. The number of rotatable bonds is 8. The molecule has 0 fully saturated rings. The van der Waals surface area contributed by atoms with E-state index >= 15 is 0 Å². The maximum atomic E-state index is 11.6. The molecule has 0 saturated carbocycles. The highest BCUT2D eigenvalue weighted by Crippen LogP contribution is 2.23. The van der Waals surface area contributed by atoms with Crippen molar-refractivity contribution in [1.82, 2.24) is 5.32 Å². The van der Waals surface area contributed by atoms with Gasteiger partial charge in [0, 0.05) is 17.8 Å². The van der Waals surface area contributed by atoms with E-state index in [1.807, 2.05) is 19.9 Å². The van der Waals surface area contributed by atoms with Crippen molar-refractivity contribution in [2.24, 2.45) is 5.92 Å². The zero-order valence-corrected chi connectivity index (χ0v) is 13.9. The Morgan fingerprint density at radius 3 is 2.79 bits per heavy atom. The number of thiophene rings is 1. The second-order valence-electron chi connectivity index (χ2n) is 5.01. The topological polar surface area (TPSA) is 49.3 Å². The molecular weight excluding hydrogens is 326 g/mol. The van der Waals surface area contributed by atoms with E-state index in [1.54, 1.807) is 11.3 Å². The molecule has 0 aliphatic heterocycles. The standard InChI is InChI=1S/C14H22BrNO2S/c1-10(2)12(17)8-9-16-14(18)5-3-4-11-6-7-13(15)19-11/h6-7,10,12,17H,3-5,8-9H2,1-2H3,(H,16,18). The molecule has 2 N–H and O–H groups in total. The average molecular weight is 348 g/mol. The van der Waals surface area contributed by atoms with Crippen LogP contribution in [-0.2, 0) is 11.2 Å². The number of aliphatic hydroxyl groups is 1. The van der Waals surface area contributed by atoms with Gasteiger partial charge in [-0.2, -0.15) is 0 Å². The number of halogens is 1. The minimum absolute atomic E-state index is 0.0755. The van der Waals surface area contributed by atoms with Crippen LogP contribution in [0.4, 0.5) is 0 Å². The van der Waals surface area contributed by atoms with Crippen LogP contribution < -0.4 is 5.32 Å². The molecule has 108 valence electrons. The minimum Gasteiger partial charge on any atom is -0.393 e. The number of carbonyl (C=O) groups is 1. The third-order valence-electron chi connectivity index (χ3n) is 2.99. The van der Waals surface area contributed by atoms with E-state index in [-0.39, 0.29) is 17.9 Å². The predicted molar refractivity (Wildman–Crippen MR) is 83.4 cm³/mol. The summed E-state index contributed by atoms with van der Waals surface area (Å²) < 4.78 is 1.13. The van der Waals surface area contributed by atoms with Crippen molar-refractivity contribution in [3.63, 3.8) is 0 Å². The summed E-state index contributed by atoms with van der Waals surface area (Å²) in [5.74, 6) is 0.320. The summed E-state index contributed by atoms with van der Waals surface area (Å²) in [6.45, 7) is 4.51. The molecule has 1 rings (SSSR count). The second-order valence-corrected chi connectivity index (χ2v) is 7.56. The van der Waals surface area contributed by atoms with Crippen molar-refractivity contribution in [3.8, 4) is 0 Å². The summed E-state index contributed by atoms with van der Waals surface area (Å²) in [7, 11) is 0. The first-order valence-electron chi connectivity index (χ1n) is 6.68. The van der Waals surface area contributed by atoms with Crippen LogP contribution in [0.1, 0.15) is 38.0 Å². The van der Waals surface area contributed by atoms with Gasteiger partial charge in [-0.15, -0.1) is 11.3 Å². The van der Waals surface area contributed by atoms with Gasteiger partial charge in [-0.3, -0.25) is 4.79 Å². The Balaban J connectivity index is 2.08. The number of amides is 1. The maximum absolute atomic E-state index is 11.6. The van der Waals surface area contributed by atoms with Crippen molar-refractivity contribution >= 4 is 33.2 Å². The second kappa shape index (κ2) is 8.72. The number of aliphatic hydroxyl groups excluding tert-OH is 1. The van der Waals surface area contributed by atoms with Crippen LogP contribution >= 0.6 is 27.3 Å². The van der Waals surface area contributed by atoms with Gasteiger partial charge in [0.15, 0.2) is 0 Å². The van der Waals surface area contributed by atoms with Crippen molar-refractivity contribution in [2.75, 3.05) is 6.54 Å². The lowest BCUT2D eigenvalue weighted by Gasteiger charge is -2.14. The van der Waals surface area contributed by atoms with Gasteiger partial charge in [0.05, 0.1) is 9.89 Å². The SMILES string of the molecule is CC(C)C(O)CCNC(=O)CCCc1ccc(Br)s1. The largest absolute Gasteiger partial charge is 0.393 e. The fourth-order valence-electron chi connectivity index (χ4n) is 1.69. The number of hydrogen-bond acceptors (Lipinski definition) is 3. The van der Waals surface area contributed by atoms with Gasteiger partial charge in [-0.25, -0.2) is 0 Å². The molecule has 3 nitrogen and oxygen atoms in total. The van der Waals surface area contributed by atoms with Crippen molar-refractivity contribution in [3.05, 3.63) is 20.8 Å². The van der Waals surface area contributed by atoms with Gasteiger partial charge in [-0.05, 0) is 53.2 Å². The zero-order chi connectivity index (χ0) is 14.3. The first-order valence-corrected chi connectivity index (χ1v) is 8.29. The summed E-state index contributed by atoms with van der Waals surface area (Å²) in [4.78, 5) is 12.9. The van der Waals surface area contributed by atoms with Gasteiger partial charge in [0.25, 0.3) is 0 Å². The van der Waals surface area contributed by atoms with Crippen LogP contribution in [0, 0.1) is 5.92 Å². The molecule has 1 amide bonds. The number of nitrogens with one attached hydrogen (secondary N) is 1. The number of hydrogen-bond donors (Lipinski definition) is 2. The smallest absolute Gasteiger partial charge is 0.220 e. The van der Waals surface area contributed by atoms with E-state index in [4.69, 9.17) is 0 Å². The summed E-state index contributed by atoms with van der Waals surface area (Å²) >= 11 is 5.14. The predicted octanol–water partition coefficient (Wildman–Crippen LogP) is 3.36. The Bertz CT molecular complexity index is 393. The average Bonchev–Trinajstić information content (AvgIpc) is 2.74. The van der Waals surface area contributed by atoms with Crippen LogP contribution in [0.25, 0.3) is 0 Å². The molecule has 5 heteroatoms. The lowest BCUT2D eigenvalue weighted by atomic mass is 10.0. The molecule has 0 aliphatic carbocycles. The molecule has 0 bridgehead atoms. The van der Waals surface area contributed by atoms with Crippen LogP contribution in [0.5, 0.6) is 0 Å². The lowest BCUT2D eigenvalue weighted by molar-refractivity contribution is -0.121. The van der Waals surface area contributed by atoms with E-state index in [0.29, 0.717) is 19.4 Å². The van der Waals surface area contributed by atoms with Crippen molar-refractivity contribution < 1.29 is 9.90 Å². The molecule has 1 aromatic rings. The van der Waals surface area contributed by atoms with Crippen LogP contribution in [0.15, 0.2) is 15.9 Å². The molecular formula is C14H22BrNO2S. The maximum Gasteiger partial charge on any atom is 0.220 e. The molecule has 0 radical (unpaired) electrons. The van der Waals surface area contributed by atoms with Crippen molar-refractivity contribution in [1.29, 1.82) is 0 Å². The van der Waals surface area contributed by atoms with Gasteiger partial charge in [0.1, 0.15) is 0 Å². The zero-order valence-electron chi connectivity index (χ0n) is 11.5. The third kappa shape index (κ3) is 7.09. The Morgan fingerprint density at radius 2 is 2.21 bits per heavy atom. The van der Waals surface area contributed by atoms with Crippen LogP contribution in [0.2, 0.25) is 0 Å². The normalized spacial score (nSPS) is 12.7. The summed E-state index contributed by atoms with van der Waals surface area (Å²) in [5.41, 5.74) is 0. The van der Waals surface area contributed by atoms with E-state index in [2.05, 4.69) is 27.3 Å². The van der Waals surface area contributed by atoms with Gasteiger partial charge in [-0.1, -0.05) is 13.8 Å². The molecule has 1 aromatic heterocycles. The first kappa shape index (κ1) is 16.7. The Morgan fingerprint density at radius 1 is 1.47 bits per heavy atom. The first-order chi connectivity index (χ1) is 8.99. The lowest BCUT2D eigenvalue weighted by Crippen LogP contribution is -2.28. The highest BCUT2D eigenvalue weighted by Gasteiger charge is 2.09. The molecule has 1 atom stereocenters. The van der Waals surface area contributed by atoms with Crippen molar-refractivity contribution in [2.45, 2.75) is 45.6 Å². The monoisotopic (exact) mass is 347 g/mol. The summed E-state index contributed by atoms with van der Waals surface area (Å²) in [6.07, 6.45) is 2.65. The van der Waals surface area contributed by atoms with Gasteiger partial charge in [0.2, 0.25) is 5.91 Å². The molecule has 0 saturated heterocycles. The van der Waals surface area contributed by atoms with E-state index < -0.39 is 0 Å². The minimum atomic E-state index is -0.330. The van der Waals surface area contributed by atoms with Gasteiger partial charge >= 0.3 is 0 Å². The number of aryl methyl sites for hydroxylation is 1. The highest BCUT2D eigenvalue weighted by atomic mass is 79.9. The molecule has 0 spiro atoms.